The number of carbonyl (C=O) groups is 2. The van der Waals surface area contributed by atoms with E-state index < -0.39 is 6.04 Å². The van der Waals surface area contributed by atoms with E-state index >= 15 is 0 Å². The van der Waals surface area contributed by atoms with Crippen molar-refractivity contribution < 1.29 is 14.3 Å². The third kappa shape index (κ3) is 4.56. The molecule has 1 saturated heterocycles. The average molecular weight is 456 g/mol. The second kappa shape index (κ2) is 9.41. The molecule has 1 fully saturated rings. The first-order valence-electron chi connectivity index (χ1n) is 11.2. The largest absolute Gasteiger partial charge is 0.487 e. The molecule has 170 valence electrons. The van der Waals surface area contributed by atoms with Crippen LogP contribution in [0.1, 0.15) is 43.7 Å². The number of ether oxygens (including phenoxy) is 1. The Balaban J connectivity index is 1.37. The van der Waals surface area contributed by atoms with Crippen molar-refractivity contribution in [3.8, 4) is 5.75 Å². The van der Waals surface area contributed by atoms with E-state index in [0.717, 1.165) is 23.3 Å². The molecule has 0 aliphatic carbocycles. The molecule has 0 spiro atoms. The summed E-state index contributed by atoms with van der Waals surface area (Å²) in [7, 11) is 1.78. The Bertz CT molecular complexity index is 981. The van der Waals surface area contributed by atoms with Gasteiger partial charge in [0, 0.05) is 36.6 Å². The zero-order chi connectivity index (χ0) is 22.8. The molecule has 7 heteroatoms. The van der Waals surface area contributed by atoms with E-state index in [1.807, 2.05) is 49.4 Å². The van der Waals surface area contributed by atoms with Crippen LogP contribution in [0.25, 0.3) is 0 Å². The molecule has 2 aliphatic heterocycles. The van der Waals surface area contributed by atoms with Gasteiger partial charge in [-0.15, -0.1) is 0 Å². The maximum atomic E-state index is 13.1. The van der Waals surface area contributed by atoms with Gasteiger partial charge >= 0.3 is 6.03 Å². The van der Waals surface area contributed by atoms with Crippen molar-refractivity contribution in [1.29, 1.82) is 0 Å². The molecule has 3 unspecified atom stereocenters. The molecule has 0 bridgehead atoms. The third-order valence-electron chi connectivity index (χ3n) is 6.52. The summed E-state index contributed by atoms with van der Waals surface area (Å²) in [5, 5.41) is 3.75. The van der Waals surface area contributed by atoms with Crippen LogP contribution in [0.15, 0.2) is 48.5 Å². The van der Waals surface area contributed by atoms with Gasteiger partial charge in [-0.2, -0.15) is 0 Å². The lowest BCUT2D eigenvalue weighted by molar-refractivity contribution is -0.134. The van der Waals surface area contributed by atoms with Crippen molar-refractivity contribution in [2.45, 2.75) is 57.3 Å². The quantitative estimate of drug-likeness (QED) is 0.725. The number of para-hydroxylation sites is 1. The van der Waals surface area contributed by atoms with Gasteiger partial charge < -0.3 is 19.9 Å². The first-order chi connectivity index (χ1) is 15.3. The number of fused-ring (bicyclic) bond motifs is 1. The number of likely N-dealkylation sites (N-methyl/N-ethyl adjacent to an activating group) is 1. The van der Waals surface area contributed by atoms with Crippen LogP contribution in [0.3, 0.4) is 0 Å². The maximum absolute atomic E-state index is 13.1. The van der Waals surface area contributed by atoms with Crippen LogP contribution < -0.4 is 10.1 Å². The minimum absolute atomic E-state index is 0.0434. The van der Waals surface area contributed by atoms with Gasteiger partial charge in [0.25, 0.3) is 0 Å². The van der Waals surface area contributed by atoms with E-state index in [2.05, 4.69) is 18.3 Å². The summed E-state index contributed by atoms with van der Waals surface area (Å²) < 4.78 is 6.11. The molecule has 1 N–H and O–H groups in total. The molecule has 2 aromatic rings. The highest BCUT2D eigenvalue weighted by Gasteiger charge is 2.39. The van der Waals surface area contributed by atoms with Crippen LogP contribution in [0.2, 0.25) is 5.02 Å². The molecule has 0 radical (unpaired) electrons. The first kappa shape index (κ1) is 22.5. The van der Waals surface area contributed by atoms with Crippen molar-refractivity contribution in [3.63, 3.8) is 0 Å². The standard InChI is InChI=1S/C25H30ClN3O3/c1-16-20-7-4-5-9-22(20)32-23(16)17(2)27-25(31)29-14-6-8-21(29)24(30)28(3)15-18-10-12-19(26)13-11-18/h4-5,7,9-13,16-17,21,23H,6,8,14-15H2,1-3H3,(H,27,31)/t16?,17?,21-,23?/m1/s1. The predicted octanol–water partition coefficient (Wildman–Crippen LogP) is 4.43. The number of amides is 3. The number of halogens is 1. The van der Waals surface area contributed by atoms with Gasteiger partial charge in [-0.1, -0.05) is 48.9 Å². The van der Waals surface area contributed by atoms with Crippen LogP contribution in [-0.2, 0) is 11.3 Å². The van der Waals surface area contributed by atoms with E-state index in [0.29, 0.717) is 24.5 Å². The molecule has 6 nitrogen and oxygen atoms in total. The Labute approximate surface area is 194 Å². The average Bonchev–Trinajstić information content (AvgIpc) is 3.40. The second-order valence-electron chi connectivity index (χ2n) is 8.82. The fraction of sp³-hybridized carbons (Fsp3) is 0.440. The van der Waals surface area contributed by atoms with Crippen molar-refractivity contribution >= 4 is 23.5 Å². The van der Waals surface area contributed by atoms with Gasteiger partial charge in [-0.05, 0) is 43.5 Å². The number of urea groups is 1. The van der Waals surface area contributed by atoms with Gasteiger partial charge in [-0.3, -0.25) is 4.79 Å². The number of nitrogens with one attached hydrogen (secondary N) is 1. The van der Waals surface area contributed by atoms with Crippen molar-refractivity contribution in [2.24, 2.45) is 0 Å². The van der Waals surface area contributed by atoms with Crippen LogP contribution >= 0.6 is 11.6 Å². The monoisotopic (exact) mass is 455 g/mol. The molecule has 2 aliphatic rings. The highest BCUT2D eigenvalue weighted by atomic mass is 35.5. The highest BCUT2D eigenvalue weighted by molar-refractivity contribution is 6.30. The van der Waals surface area contributed by atoms with Crippen molar-refractivity contribution in [3.05, 3.63) is 64.7 Å². The summed E-state index contributed by atoms with van der Waals surface area (Å²) in [5.74, 6) is 1.02. The summed E-state index contributed by atoms with van der Waals surface area (Å²) in [6.07, 6.45) is 1.35. The van der Waals surface area contributed by atoms with Crippen molar-refractivity contribution in [2.75, 3.05) is 13.6 Å². The van der Waals surface area contributed by atoms with Gasteiger partial charge in [0.05, 0.1) is 6.04 Å². The van der Waals surface area contributed by atoms with E-state index in [1.165, 1.54) is 0 Å². The first-order valence-corrected chi connectivity index (χ1v) is 11.5. The normalized spacial score (nSPS) is 22.8. The van der Waals surface area contributed by atoms with Gasteiger partial charge in [-0.25, -0.2) is 4.79 Å². The van der Waals surface area contributed by atoms with Crippen LogP contribution in [0, 0.1) is 0 Å². The van der Waals surface area contributed by atoms with Crippen molar-refractivity contribution in [1.82, 2.24) is 15.1 Å². The Kier molecular flexibility index (Phi) is 6.60. The molecule has 4 atom stereocenters. The molecule has 2 aromatic carbocycles. The number of hydrogen-bond donors (Lipinski definition) is 1. The van der Waals surface area contributed by atoms with Gasteiger partial charge in [0.2, 0.25) is 5.91 Å². The molecule has 0 saturated carbocycles. The minimum atomic E-state index is -0.446. The SMILES string of the molecule is CC(NC(=O)N1CCC[C@@H]1C(=O)N(C)Cc1ccc(Cl)cc1)C1Oc2ccccc2C1C. The summed E-state index contributed by atoms with van der Waals surface area (Å²) >= 11 is 5.95. The van der Waals surface area contributed by atoms with E-state index in [1.54, 1.807) is 16.8 Å². The number of carbonyl (C=O) groups excluding carboxylic acids is 2. The Morgan fingerprint density at radius 2 is 1.94 bits per heavy atom. The van der Waals surface area contributed by atoms with E-state index in [4.69, 9.17) is 16.3 Å². The van der Waals surface area contributed by atoms with Crippen LogP contribution in [0.4, 0.5) is 4.79 Å². The predicted molar refractivity (Wildman–Crippen MR) is 125 cm³/mol. The lowest BCUT2D eigenvalue weighted by atomic mass is 9.94. The molecule has 4 rings (SSSR count). The minimum Gasteiger partial charge on any atom is -0.487 e. The lowest BCUT2D eigenvalue weighted by Crippen LogP contribution is -2.54. The van der Waals surface area contributed by atoms with Crippen LogP contribution in [-0.4, -0.2) is 53.5 Å². The topological polar surface area (TPSA) is 61.9 Å². The van der Waals surface area contributed by atoms with E-state index in [9.17, 15) is 9.59 Å². The zero-order valence-electron chi connectivity index (χ0n) is 18.8. The number of nitrogens with zero attached hydrogens (tertiary/aromatic N) is 2. The third-order valence-corrected chi connectivity index (χ3v) is 6.77. The molecule has 3 amide bonds. The number of rotatable bonds is 5. The fourth-order valence-electron chi connectivity index (χ4n) is 4.75. The smallest absolute Gasteiger partial charge is 0.318 e. The van der Waals surface area contributed by atoms with Gasteiger partial charge in [0.15, 0.2) is 0 Å². The Morgan fingerprint density at radius 3 is 2.66 bits per heavy atom. The number of hydrogen-bond acceptors (Lipinski definition) is 3. The number of benzene rings is 2. The summed E-state index contributed by atoms with van der Waals surface area (Å²) in [4.78, 5) is 29.6. The Hall–Kier alpha value is -2.73. The van der Waals surface area contributed by atoms with E-state index in [-0.39, 0.29) is 30.0 Å². The Morgan fingerprint density at radius 1 is 1.22 bits per heavy atom. The second-order valence-corrected chi connectivity index (χ2v) is 9.26. The van der Waals surface area contributed by atoms with Gasteiger partial charge in [0.1, 0.15) is 17.9 Å². The maximum Gasteiger partial charge on any atom is 0.318 e. The molecule has 0 aromatic heterocycles. The number of likely N-dealkylation sites (tertiary alicyclic amines) is 1. The summed E-state index contributed by atoms with van der Waals surface area (Å²) in [6.45, 7) is 5.13. The summed E-state index contributed by atoms with van der Waals surface area (Å²) in [6, 6.07) is 14.6. The molecule has 32 heavy (non-hydrogen) atoms. The lowest BCUT2D eigenvalue weighted by Gasteiger charge is -2.31. The highest BCUT2D eigenvalue weighted by Crippen LogP contribution is 2.38. The van der Waals surface area contributed by atoms with Crippen LogP contribution in [0.5, 0.6) is 5.75 Å². The molecular weight excluding hydrogens is 426 g/mol. The molecule has 2 heterocycles. The fourth-order valence-corrected chi connectivity index (χ4v) is 4.87. The zero-order valence-corrected chi connectivity index (χ0v) is 19.5. The molecular formula is C25H30ClN3O3. The summed E-state index contributed by atoms with van der Waals surface area (Å²) in [5.41, 5.74) is 2.16.